The van der Waals surface area contributed by atoms with Crippen LogP contribution in [0.5, 0.6) is 5.75 Å². The number of fused-ring (bicyclic) bond motifs is 1. The Morgan fingerprint density at radius 1 is 0.867 bits per heavy atom. The summed E-state index contributed by atoms with van der Waals surface area (Å²) in [5.74, 6) is 0.916. The molecule has 0 aliphatic heterocycles. The molecule has 0 radical (unpaired) electrons. The van der Waals surface area contributed by atoms with Gasteiger partial charge in [-0.15, -0.1) is 12.4 Å². The van der Waals surface area contributed by atoms with Crippen molar-refractivity contribution in [3.63, 3.8) is 0 Å². The molecule has 4 aromatic rings. The van der Waals surface area contributed by atoms with Crippen molar-refractivity contribution in [1.29, 1.82) is 0 Å². The number of nitrogens with zero attached hydrogens (tertiary/aromatic N) is 2. The van der Waals surface area contributed by atoms with Gasteiger partial charge in [0.15, 0.2) is 0 Å². The Labute approximate surface area is 185 Å². The second kappa shape index (κ2) is 8.93. The molecule has 156 valence electrons. The van der Waals surface area contributed by atoms with E-state index in [1.54, 1.807) is 0 Å². The third-order valence-electron chi connectivity index (χ3n) is 5.78. The summed E-state index contributed by atoms with van der Waals surface area (Å²) in [6.45, 7) is 12.0. The number of benzene rings is 2. The van der Waals surface area contributed by atoms with Gasteiger partial charge in [0.2, 0.25) is 0 Å². The summed E-state index contributed by atoms with van der Waals surface area (Å²) in [6.07, 6.45) is 1.89. The minimum absolute atomic E-state index is 0. The fourth-order valence-corrected chi connectivity index (χ4v) is 3.95. The van der Waals surface area contributed by atoms with Crippen LogP contribution in [0.2, 0.25) is 0 Å². The molecule has 4 heteroatoms. The topological polar surface area (TPSA) is 27.1 Å². The number of aryl methyl sites for hydroxylation is 4. The largest absolute Gasteiger partial charge is 0.487 e. The SMILES string of the molecule is Cc1ccc(Cn2c(C)c(C)c3ccnc(COc4ccc(C)cc4C)c32)cc1.Cl. The fourth-order valence-electron chi connectivity index (χ4n) is 3.95. The summed E-state index contributed by atoms with van der Waals surface area (Å²) in [6, 6.07) is 17.2. The molecule has 0 aliphatic rings. The van der Waals surface area contributed by atoms with Crippen molar-refractivity contribution < 1.29 is 4.74 Å². The molecular formula is C26H29ClN2O. The summed E-state index contributed by atoms with van der Waals surface area (Å²) in [5, 5.41) is 1.25. The Hall–Kier alpha value is -2.78. The summed E-state index contributed by atoms with van der Waals surface area (Å²) in [4.78, 5) is 4.69. The van der Waals surface area contributed by atoms with Crippen LogP contribution < -0.4 is 4.74 Å². The molecule has 2 heterocycles. The maximum absolute atomic E-state index is 6.18. The highest BCUT2D eigenvalue weighted by atomic mass is 35.5. The smallest absolute Gasteiger partial charge is 0.132 e. The van der Waals surface area contributed by atoms with Gasteiger partial charge in [-0.25, -0.2) is 0 Å². The maximum atomic E-state index is 6.18. The van der Waals surface area contributed by atoms with Crippen molar-refractivity contribution in [2.45, 2.75) is 47.8 Å². The van der Waals surface area contributed by atoms with Gasteiger partial charge in [0.25, 0.3) is 0 Å². The zero-order valence-corrected chi connectivity index (χ0v) is 19.1. The number of hydrogen-bond acceptors (Lipinski definition) is 2. The van der Waals surface area contributed by atoms with Gasteiger partial charge in [0, 0.05) is 23.8 Å². The van der Waals surface area contributed by atoms with Gasteiger partial charge in [-0.3, -0.25) is 4.98 Å². The Bertz CT molecular complexity index is 1180. The third kappa shape index (κ3) is 4.22. The maximum Gasteiger partial charge on any atom is 0.132 e. The van der Waals surface area contributed by atoms with E-state index >= 15 is 0 Å². The molecule has 0 unspecified atom stereocenters. The molecule has 0 atom stereocenters. The highest BCUT2D eigenvalue weighted by molar-refractivity contribution is 5.87. The van der Waals surface area contributed by atoms with Crippen molar-refractivity contribution >= 4 is 23.3 Å². The van der Waals surface area contributed by atoms with Crippen LogP contribution in [-0.2, 0) is 13.2 Å². The monoisotopic (exact) mass is 420 g/mol. The van der Waals surface area contributed by atoms with E-state index in [0.29, 0.717) is 6.61 Å². The van der Waals surface area contributed by atoms with Crippen LogP contribution in [0.4, 0.5) is 0 Å². The number of aromatic nitrogens is 2. The van der Waals surface area contributed by atoms with E-state index in [2.05, 4.69) is 81.7 Å². The highest BCUT2D eigenvalue weighted by Crippen LogP contribution is 2.29. The lowest BCUT2D eigenvalue weighted by molar-refractivity contribution is 0.300. The van der Waals surface area contributed by atoms with E-state index in [-0.39, 0.29) is 12.4 Å². The van der Waals surface area contributed by atoms with Crippen LogP contribution in [0, 0.1) is 34.6 Å². The zero-order valence-electron chi connectivity index (χ0n) is 18.3. The molecule has 0 saturated carbocycles. The number of halogens is 1. The lowest BCUT2D eigenvalue weighted by Crippen LogP contribution is -2.07. The summed E-state index contributed by atoms with van der Waals surface area (Å²) in [5.41, 5.74) is 9.71. The van der Waals surface area contributed by atoms with Crippen LogP contribution in [0.25, 0.3) is 10.9 Å². The number of ether oxygens (including phenoxy) is 1. The summed E-state index contributed by atoms with van der Waals surface area (Å²) >= 11 is 0. The van der Waals surface area contributed by atoms with Crippen molar-refractivity contribution in [2.75, 3.05) is 0 Å². The minimum atomic E-state index is 0. The van der Waals surface area contributed by atoms with Crippen LogP contribution in [0.15, 0.2) is 54.7 Å². The normalized spacial score (nSPS) is 10.8. The lowest BCUT2D eigenvalue weighted by Gasteiger charge is -2.13. The number of hydrogen-bond donors (Lipinski definition) is 0. The van der Waals surface area contributed by atoms with Gasteiger partial charge >= 0.3 is 0 Å². The van der Waals surface area contributed by atoms with Crippen LogP contribution in [0.1, 0.15) is 39.2 Å². The second-order valence-electron chi connectivity index (χ2n) is 7.99. The van der Waals surface area contributed by atoms with Crippen molar-refractivity contribution in [1.82, 2.24) is 9.55 Å². The lowest BCUT2D eigenvalue weighted by atomic mass is 10.1. The molecule has 2 aromatic carbocycles. The molecule has 0 aliphatic carbocycles. The quantitative estimate of drug-likeness (QED) is 0.362. The van der Waals surface area contributed by atoms with Gasteiger partial charge in [0.1, 0.15) is 18.1 Å². The van der Waals surface area contributed by atoms with E-state index < -0.39 is 0 Å². The van der Waals surface area contributed by atoms with E-state index in [1.165, 1.54) is 38.9 Å². The van der Waals surface area contributed by atoms with E-state index in [0.717, 1.165) is 23.6 Å². The molecule has 2 aromatic heterocycles. The van der Waals surface area contributed by atoms with Crippen molar-refractivity contribution in [3.8, 4) is 5.75 Å². The Morgan fingerprint density at radius 3 is 2.27 bits per heavy atom. The first-order valence-corrected chi connectivity index (χ1v) is 10.1. The first-order chi connectivity index (χ1) is 13.9. The number of rotatable bonds is 5. The average molecular weight is 421 g/mol. The van der Waals surface area contributed by atoms with Crippen LogP contribution in [0.3, 0.4) is 0 Å². The second-order valence-corrected chi connectivity index (χ2v) is 7.99. The average Bonchev–Trinajstić information content (AvgIpc) is 2.94. The molecule has 0 bridgehead atoms. The molecule has 3 nitrogen and oxygen atoms in total. The van der Waals surface area contributed by atoms with Gasteiger partial charge < -0.3 is 9.30 Å². The van der Waals surface area contributed by atoms with Crippen LogP contribution >= 0.6 is 12.4 Å². The fraction of sp³-hybridized carbons (Fsp3) is 0.269. The van der Waals surface area contributed by atoms with Gasteiger partial charge in [-0.05, 0) is 63.4 Å². The van der Waals surface area contributed by atoms with Gasteiger partial charge in [-0.2, -0.15) is 0 Å². The Kier molecular flexibility index (Phi) is 6.52. The zero-order chi connectivity index (χ0) is 20.5. The molecule has 0 amide bonds. The molecule has 0 saturated heterocycles. The minimum Gasteiger partial charge on any atom is -0.487 e. The first-order valence-electron chi connectivity index (χ1n) is 10.1. The molecule has 4 rings (SSSR count). The Morgan fingerprint density at radius 2 is 1.57 bits per heavy atom. The highest BCUT2D eigenvalue weighted by Gasteiger charge is 2.16. The molecule has 0 fully saturated rings. The van der Waals surface area contributed by atoms with Crippen molar-refractivity contribution in [2.24, 2.45) is 0 Å². The van der Waals surface area contributed by atoms with E-state index in [1.807, 2.05) is 12.3 Å². The predicted octanol–water partition coefficient (Wildman–Crippen LogP) is 6.63. The molecule has 0 N–H and O–H groups in total. The number of pyridine rings is 1. The Balaban J connectivity index is 0.00000256. The van der Waals surface area contributed by atoms with E-state index in [9.17, 15) is 0 Å². The van der Waals surface area contributed by atoms with E-state index in [4.69, 9.17) is 9.72 Å². The molecule has 0 spiro atoms. The van der Waals surface area contributed by atoms with Gasteiger partial charge in [0.05, 0.1) is 5.52 Å². The van der Waals surface area contributed by atoms with Gasteiger partial charge in [-0.1, -0.05) is 47.5 Å². The first kappa shape index (κ1) is 21.9. The molecular weight excluding hydrogens is 392 g/mol. The van der Waals surface area contributed by atoms with Crippen LogP contribution in [-0.4, -0.2) is 9.55 Å². The summed E-state index contributed by atoms with van der Waals surface area (Å²) < 4.78 is 8.56. The molecule has 30 heavy (non-hydrogen) atoms. The standard InChI is InChI=1S/C26H28N2O.ClH/c1-17-6-9-22(10-7-17)15-28-21(5)20(4)23-12-13-27-24(26(23)28)16-29-25-11-8-18(2)14-19(25)3;/h6-14H,15-16H2,1-5H3;1H. The van der Waals surface area contributed by atoms with Crippen molar-refractivity contribution in [3.05, 3.63) is 93.9 Å². The third-order valence-corrected chi connectivity index (χ3v) is 5.78. The predicted molar refractivity (Wildman–Crippen MR) is 127 cm³/mol. The summed E-state index contributed by atoms with van der Waals surface area (Å²) in [7, 11) is 0.